The van der Waals surface area contributed by atoms with Crippen molar-refractivity contribution in [3.05, 3.63) is 59.9 Å². The average Bonchev–Trinajstić information content (AvgIpc) is 2.43. The Morgan fingerprint density at radius 3 is 2.61 bits per heavy atom. The highest BCUT2D eigenvalue weighted by Gasteiger charge is 2.07. The third-order valence-corrected chi connectivity index (χ3v) is 2.93. The molecule has 0 amide bonds. The molecule has 2 heterocycles. The lowest BCUT2D eigenvalue weighted by Gasteiger charge is -2.10. The molecular weight excluding hydrogens is 246 g/mol. The van der Waals surface area contributed by atoms with Gasteiger partial charge in [-0.25, -0.2) is 4.98 Å². The van der Waals surface area contributed by atoms with Crippen molar-refractivity contribution in [3.8, 4) is 0 Å². The Labute approximate surface area is 109 Å². The molecule has 0 saturated carbocycles. The van der Waals surface area contributed by atoms with Crippen molar-refractivity contribution in [2.24, 2.45) is 0 Å². The number of halogens is 1. The van der Waals surface area contributed by atoms with Gasteiger partial charge in [-0.2, -0.15) is 0 Å². The maximum Gasteiger partial charge on any atom is 0.130 e. The van der Waals surface area contributed by atoms with Gasteiger partial charge in [-0.1, -0.05) is 35.9 Å². The zero-order chi connectivity index (χ0) is 12.4. The first kappa shape index (κ1) is 11.0. The number of rotatable bonds is 2. The van der Waals surface area contributed by atoms with E-state index in [0.29, 0.717) is 5.02 Å². The summed E-state index contributed by atoms with van der Waals surface area (Å²) in [5, 5.41) is 4.80. The summed E-state index contributed by atoms with van der Waals surface area (Å²) >= 11 is 6.20. The van der Waals surface area contributed by atoms with Gasteiger partial charge >= 0.3 is 0 Å². The predicted octanol–water partition coefficient (Wildman–Crippen LogP) is 4.03. The summed E-state index contributed by atoms with van der Waals surface area (Å²) < 4.78 is 0. The Hall–Kier alpha value is -2.13. The van der Waals surface area contributed by atoms with Gasteiger partial charge in [0.1, 0.15) is 5.82 Å². The van der Waals surface area contributed by atoms with Crippen LogP contribution in [-0.2, 0) is 0 Å². The molecule has 18 heavy (non-hydrogen) atoms. The molecule has 0 bridgehead atoms. The van der Waals surface area contributed by atoms with E-state index in [1.165, 1.54) is 0 Å². The SMILES string of the molecule is Clc1cnc2ccccc2c1Nc1ccccn1. The van der Waals surface area contributed by atoms with Gasteiger partial charge < -0.3 is 5.32 Å². The van der Waals surface area contributed by atoms with Gasteiger partial charge in [-0.05, 0) is 18.2 Å². The van der Waals surface area contributed by atoms with Crippen LogP contribution in [0.15, 0.2) is 54.9 Å². The monoisotopic (exact) mass is 255 g/mol. The van der Waals surface area contributed by atoms with Crippen LogP contribution in [0.4, 0.5) is 11.5 Å². The zero-order valence-electron chi connectivity index (χ0n) is 9.47. The number of nitrogens with zero attached hydrogens (tertiary/aromatic N) is 2. The quantitative estimate of drug-likeness (QED) is 0.751. The van der Waals surface area contributed by atoms with Gasteiger partial charge in [-0.3, -0.25) is 4.98 Å². The zero-order valence-corrected chi connectivity index (χ0v) is 10.2. The van der Waals surface area contributed by atoms with Crippen molar-refractivity contribution >= 4 is 34.0 Å². The van der Waals surface area contributed by atoms with Crippen LogP contribution in [-0.4, -0.2) is 9.97 Å². The summed E-state index contributed by atoms with van der Waals surface area (Å²) in [6.07, 6.45) is 3.38. The van der Waals surface area contributed by atoms with Gasteiger partial charge in [0.05, 0.1) is 16.2 Å². The molecule has 0 saturated heterocycles. The van der Waals surface area contributed by atoms with Crippen molar-refractivity contribution in [2.45, 2.75) is 0 Å². The first-order valence-corrected chi connectivity index (χ1v) is 5.94. The largest absolute Gasteiger partial charge is 0.338 e. The molecule has 0 spiro atoms. The molecule has 3 nitrogen and oxygen atoms in total. The number of fused-ring (bicyclic) bond motifs is 1. The van der Waals surface area contributed by atoms with E-state index in [-0.39, 0.29) is 0 Å². The van der Waals surface area contributed by atoms with E-state index in [1.807, 2.05) is 42.5 Å². The summed E-state index contributed by atoms with van der Waals surface area (Å²) in [4.78, 5) is 8.52. The molecule has 0 fully saturated rings. The van der Waals surface area contributed by atoms with Gasteiger partial charge in [0.25, 0.3) is 0 Å². The van der Waals surface area contributed by atoms with Gasteiger partial charge in [-0.15, -0.1) is 0 Å². The fourth-order valence-electron chi connectivity index (χ4n) is 1.81. The van der Waals surface area contributed by atoms with Gasteiger partial charge in [0.15, 0.2) is 0 Å². The summed E-state index contributed by atoms with van der Waals surface area (Å²) in [6, 6.07) is 13.5. The first-order chi connectivity index (χ1) is 8.84. The van der Waals surface area contributed by atoms with E-state index in [9.17, 15) is 0 Å². The Balaban J connectivity index is 2.13. The molecular formula is C14H10ClN3. The Kier molecular flexibility index (Phi) is 2.82. The topological polar surface area (TPSA) is 37.8 Å². The van der Waals surface area contributed by atoms with Crippen LogP contribution in [0.2, 0.25) is 5.02 Å². The van der Waals surface area contributed by atoms with Crippen LogP contribution in [0.3, 0.4) is 0 Å². The van der Waals surface area contributed by atoms with Crippen molar-refractivity contribution < 1.29 is 0 Å². The van der Waals surface area contributed by atoms with E-state index >= 15 is 0 Å². The van der Waals surface area contributed by atoms with Gasteiger partial charge in [0, 0.05) is 17.8 Å². The third-order valence-electron chi connectivity index (χ3n) is 2.65. The summed E-state index contributed by atoms with van der Waals surface area (Å²) in [6.45, 7) is 0. The fourth-order valence-corrected chi connectivity index (χ4v) is 2.01. The van der Waals surface area contributed by atoms with Crippen LogP contribution >= 0.6 is 11.6 Å². The lowest BCUT2D eigenvalue weighted by Crippen LogP contribution is -1.95. The number of hydrogen-bond acceptors (Lipinski definition) is 3. The minimum absolute atomic E-state index is 0.583. The number of aromatic nitrogens is 2. The molecule has 0 unspecified atom stereocenters. The smallest absolute Gasteiger partial charge is 0.130 e. The number of para-hydroxylation sites is 1. The van der Waals surface area contributed by atoms with Crippen LogP contribution in [0, 0.1) is 0 Å². The number of pyridine rings is 2. The first-order valence-electron chi connectivity index (χ1n) is 5.56. The van der Waals surface area contributed by atoms with E-state index < -0.39 is 0 Å². The highest BCUT2D eigenvalue weighted by molar-refractivity contribution is 6.34. The lowest BCUT2D eigenvalue weighted by molar-refractivity contribution is 1.31. The van der Waals surface area contributed by atoms with Crippen molar-refractivity contribution in [1.29, 1.82) is 0 Å². The molecule has 4 heteroatoms. The lowest BCUT2D eigenvalue weighted by atomic mass is 10.2. The highest BCUT2D eigenvalue weighted by Crippen LogP contribution is 2.31. The van der Waals surface area contributed by atoms with E-state index in [0.717, 1.165) is 22.4 Å². The van der Waals surface area contributed by atoms with Crippen LogP contribution in [0.5, 0.6) is 0 Å². The van der Waals surface area contributed by atoms with Crippen molar-refractivity contribution in [1.82, 2.24) is 9.97 Å². The summed E-state index contributed by atoms with van der Waals surface area (Å²) in [7, 11) is 0. The second kappa shape index (κ2) is 4.63. The fraction of sp³-hybridized carbons (Fsp3) is 0. The number of hydrogen-bond donors (Lipinski definition) is 1. The normalized spacial score (nSPS) is 10.5. The molecule has 2 aromatic heterocycles. The minimum atomic E-state index is 0.583. The molecule has 88 valence electrons. The Morgan fingerprint density at radius 1 is 0.944 bits per heavy atom. The maximum atomic E-state index is 6.20. The summed E-state index contributed by atoms with van der Waals surface area (Å²) in [5.41, 5.74) is 1.74. The van der Waals surface area contributed by atoms with Gasteiger partial charge in [0.2, 0.25) is 0 Å². The van der Waals surface area contributed by atoms with Crippen LogP contribution < -0.4 is 5.32 Å². The molecule has 3 aromatic rings. The van der Waals surface area contributed by atoms with E-state index in [4.69, 9.17) is 11.6 Å². The summed E-state index contributed by atoms with van der Waals surface area (Å²) in [5.74, 6) is 0.760. The molecule has 0 radical (unpaired) electrons. The highest BCUT2D eigenvalue weighted by atomic mass is 35.5. The maximum absolute atomic E-state index is 6.20. The third kappa shape index (κ3) is 2.00. The molecule has 1 N–H and O–H groups in total. The standard InChI is InChI=1S/C14H10ClN3/c15-11-9-17-12-6-2-1-5-10(12)14(11)18-13-7-3-4-8-16-13/h1-9H,(H,16,17,18). The minimum Gasteiger partial charge on any atom is -0.338 e. The molecule has 1 aromatic carbocycles. The van der Waals surface area contributed by atoms with E-state index in [2.05, 4.69) is 15.3 Å². The average molecular weight is 256 g/mol. The Morgan fingerprint density at radius 2 is 1.78 bits per heavy atom. The van der Waals surface area contributed by atoms with Crippen molar-refractivity contribution in [2.75, 3.05) is 5.32 Å². The Bertz CT molecular complexity index is 683. The molecule has 0 aliphatic rings. The van der Waals surface area contributed by atoms with Crippen LogP contribution in [0.25, 0.3) is 10.9 Å². The van der Waals surface area contributed by atoms with Crippen LogP contribution in [0.1, 0.15) is 0 Å². The van der Waals surface area contributed by atoms with E-state index in [1.54, 1.807) is 12.4 Å². The molecule has 0 atom stereocenters. The number of benzene rings is 1. The molecule has 0 aliphatic heterocycles. The predicted molar refractivity (Wildman–Crippen MR) is 74.3 cm³/mol. The van der Waals surface area contributed by atoms with Crippen molar-refractivity contribution in [3.63, 3.8) is 0 Å². The number of nitrogens with one attached hydrogen (secondary N) is 1. The second-order valence-electron chi connectivity index (χ2n) is 3.84. The second-order valence-corrected chi connectivity index (χ2v) is 4.25. The molecule has 0 aliphatic carbocycles. The number of anilines is 2. The molecule has 3 rings (SSSR count).